The Bertz CT molecular complexity index is 216. The predicted octanol–water partition coefficient (Wildman–Crippen LogP) is 5.92. The third kappa shape index (κ3) is 17.6. The summed E-state index contributed by atoms with van der Waals surface area (Å²) in [6, 6.07) is 0.0759. The topological polar surface area (TPSA) is 32.6 Å². The Morgan fingerprint density at radius 3 is 1.62 bits per heavy atom. The summed E-state index contributed by atoms with van der Waals surface area (Å²) in [6.45, 7) is 4.39. The molecule has 0 aliphatic carbocycles. The Balaban J connectivity index is 3.04. The highest BCUT2D eigenvalue weighted by atomic mass is 16.3. The smallest absolute Gasteiger partial charge is 0.0698 e. The van der Waals surface area contributed by atoms with Gasteiger partial charge in [-0.3, -0.25) is 4.99 Å². The number of unbranched alkanes of at least 4 members (excludes halogenated alkanes) is 13. The summed E-state index contributed by atoms with van der Waals surface area (Å²) in [4.78, 5) is 4.26. The monoisotopic (exact) mass is 297 g/mol. The molecular weight excluding hydrogens is 258 g/mol. The molecule has 21 heavy (non-hydrogen) atoms. The highest BCUT2D eigenvalue weighted by molar-refractivity contribution is 5.57. The van der Waals surface area contributed by atoms with Crippen LogP contribution in [0, 0.1) is 0 Å². The van der Waals surface area contributed by atoms with Gasteiger partial charge >= 0.3 is 0 Å². The van der Waals surface area contributed by atoms with E-state index in [1.165, 1.54) is 83.5 Å². The summed E-state index contributed by atoms with van der Waals surface area (Å²) in [5.74, 6) is 0. The Labute approximate surface area is 133 Å². The first-order chi connectivity index (χ1) is 10.3. The van der Waals surface area contributed by atoms with Gasteiger partial charge in [-0.1, -0.05) is 84.0 Å². The van der Waals surface area contributed by atoms with Crippen LogP contribution in [0.3, 0.4) is 0 Å². The van der Waals surface area contributed by atoms with E-state index in [4.69, 9.17) is 5.11 Å². The van der Waals surface area contributed by atoms with Crippen molar-refractivity contribution in [1.82, 2.24) is 0 Å². The van der Waals surface area contributed by atoms with Crippen LogP contribution in [0.2, 0.25) is 0 Å². The molecule has 2 nitrogen and oxygen atoms in total. The van der Waals surface area contributed by atoms with Crippen LogP contribution in [0.25, 0.3) is 0 Å². The van der Waals surface area contributed by atoms with Gasteiger partial charge in [0.15, 0.2) is 0 Å². The largest absolute Gasteiger partial charge is 0.394 e. The van der Waals surface area contributed by atoms with Gasteiger partial charge in [0, 0.05) is 0 Å². The zero-order valence-electron chi connectivity index (χ0n) is 14.7. The number of aliphatic hydroxyl groups is 1. The number of aliphatic imine (C=N–C) groups is 1. The van der Waals surface area contributed by atoms with Gasteiger partial charge in [0.25, 0.3) is 0 Å². The number of nitrogens with zero attached hydrogens (tertiary/aromatic N) is 1. The zero-order chi connectivity index (χ0) is 15.6. The van der Waals surface area contributed by atoms with Crippen molar-refractivity contribution in [2.24, 2.45) is 4.99 Å². The normalized spacial score (nSPS) is 13.1. The highest BCUT2D eigenvalue weighted by Crippen LogP contribution is 2.12. The van der Waals surface area contributed by atoms with Crippen LogP contribution in [-0.4, -0.2) is 24.0 Å². The lowest BCUT2D eigenvalue weighted by Gasteiger charge is -2.02. The highest BCUT2D eigenvalue weighted by Gasteiger charge is 1.94. The van der Waals surface area contributed by atoms with Gasteiger partial charge in [-0.2, -0.15) is 0 Å². The van der Waals surface area contributed by atoms with Gasteiger partial charge in [0.1, 0.15) is 0 Å². The molecule has 0 bridgehead atoms. The van der Waals surface area contributed by atoms with Gasteiger partial charge in [-0.25, -0.2) is 0 Å². The van der Waals surface area contributed by atoms with Crippen molar-refractivity contribution in [3.05, 3.63) is 0 Å². The minimum Gasteiger partial charge on any atom is -0.394 e. The first-order valence-electron chi connectivity index (χ1n) is 9.43. The van der Waals surface area contributed by atoms with E-state index in [0.29, 0.717) is 0 Å². The molecule has 0 radical (unpaired) electrons. The second-order valence-corrected chi connectivity index (χ2v) is 6.39. The van der Waals surface area contributed by atoms with Crippen LogP contribution in [0.5, 0.6) is 0 Å². The molecule has 2 heteroatoms. The number of rotatable bonds is 16. The molecule has 0 saturated carbocycles. The maximum absolute atomic E-state index is 8.84. The molecule has 0 aromatic carbocycles. The maximum Gasteiger partial charge on any atom is 0.0698 e. The first kappa shape index (κ1) is 20.6. The number of hydrogen-bond acceptors (Lipinski definition) is 2. The predicted molar refractivity (Wildman–Crippen MR) is 95.4 cm³/mol. The van der Waals surface area contributed by atoms with Crippen LogP contribution < -0.4 is 0 Å². The van der Waals surface area contributed by atoms with Gasteiger partial charge in [-0.15, -0.1) is 0 Å². The molecule has 126 valence electrons. The molecule has 1 atom stereocenters. The van der Waals surface area contributed by atoms with Gasteiger partial charge in [0.2, 0.25) is 0 Å². The molecule has 0 fully saturated rings. The fourth-order valence-corrected chi connectivity index (χ4v) is 2.56. The Morgan fingerprint density at radius 1 is 0.762 bits per heavy atom. The van der Waals surface area contributed by atoms with Crippen molar-refractivity contribution in [3.63, 3.8) is 0 Å². The summed E-state index contributed by atoms with van der Waals surface area (Å²) in [6.07, 6.45) is 21.3. The van der Waals surface area contributed by atoms with Crippen LogP contribution in [0.4, 0.5) is 0 Å². The lowest BCUT2D eigenvalue weighted by molar-refractivity contribution is 0.274. The summed E-state index contributed by atoms with van der Waals surface area (Å²) in [5.41, 5.74) is 0. The SMILES string of the molecule is CCCCCCCCCCCCCCCC=N[C@@H](C)CO. The molecule has 0 unspecified atom stereocenters. The van der Waals surface area contributed by atoms with Crippen LogP contribution in [0.15, 0.2) is 4.99 Å². The van der Waals surface area contributed by atoms with E-state index < -0.39 is 0 Å². The second-order valence-electron chi connectivity index (χ2n) is 6.39. The van der Waals surface area contributed by atoms with Crippen molar-refractivity contribution in [2.45, 2.75) is 110 Å². The average molecular weight is 298 g/mol. The molecule has 0 aromatic heterocycles. The summed E-state index contributed by atoms with van der Waals surface area (Å²) >= 11 is 0. The van der Waals surface area contributed by atoms with Crippen molar-refractivity contribution in [3.8, 4) is 0 Å². The molecular formula is C19H39NO. The summed E-state index contributed by atoms with van der Waals surface area (Å²) in [5, 5.41) is 8.84. The van der Waals surface area contributed by atoms with Gasteiger partial charge in [-0.05, 0) is 26.0 Å². The quantitative estimate of drug-likeness (QED) is 0.278. The lowest BCUT2D eigenvalue weighted by atomic mass is 10.0. The van der Waals surface area contributed by atoms with Gasteiger partial charge in [0.05, 0.1) is 12.6 Å². The molecule has 0 amide bonds. The number of hydrogen-bond donors (Lipinski definition) is 1. The molecule has 0 rings (SSSR count). The first-order valence-corrected chi connectivity index (χ1v) is 9.43. The van der Waals surface area contributed by atoms with E-state index in [1.54, 1.807) is 0 Å². The Hall–Kier alpha value is -0.370. The van der Waals surface area contributed by atoms with Crippen molar-refractivity contribution >= 4 is 6.21 Å². The van der Waals surface area contributed by atoms with Crippen molar-refractivity contribution in [2.75, 3.05) is 6.61 Å². The molecule has 1 N–H and O–H groups in total. The van der Waals surface area contributed by atoms with E-state index in [-0.39, 0.29) is 12.6 Å². The maximum atomic E-state index is 8.84. The summed E-state index contributed by atoms with van der Waals surface area (Å²) < 4.78 is 0. The van der Waals surface area contributed by atoms with Crippen molar-refractivity contribution < 1.29 is 5.11 Å². The van der Waals surface area contributed by atoms with Crippen molar-refractivity contribution in [1.29, 1.82) is 0 Å². The third-order valence-corrected chi connectivity index (χ3v) is 4.06. The Kier molecular flexibility index (Phi) is 17.4. The molecule has 0 aromatic rings. The minimum absolute atomic E-state index is 0.0759. The lowest BCUT2D eigenvalue weighted by Crippen LogP contribution is -2.03. The third-order valence-electron chi connectivity index (χ3n) is 4.06. The van der Waals surface area contributed by atoms with E-state index in [0.717, 1.165) is 6.42 Å². The number of aliphatic hydroxyl groups excluding tert-OH is 1. The minimum atomic E-state index is 0.0759. The van der Waals surface area contributed by atoms with E-state index in [2.05, 4.69) is 11.9 Å². The summed E-state index contributed by atoms with van der Waals surface area (Å²) in [7, 11) is 0. The average Bonchev–Trinajstić information content (AvgIpc) is 2.50. The fourth-order valence-electron chi connectivity index (χ4n) is 2.56. The van der Waals surface area contributed by atoms with Gasteiger partial charge < -0.3 is 5.11 Å². The van der Waals surface area contributed by atoms with Crippen LogP contribution >= 0.6 is 0 Å². The molecule has 0 saturated heterocycles. The molecule has 0 heterocycles. The molecule has 0 spiro atoms. The molecule has 0 aliphatic rings. The zero-order valence-corrected chi connectivity index (χ0v) is 14.7. The van der Waals surface area contributed by atoms with Crippen LogP contribution in [-0.2, 0) is 0 Å². The van der Waals surface area contributed by atoms with E-state index >= 15 is 0 Å². The van der Waals surface area contributed by atoms with Crippen LogP contribution in [0.1, 0.15) is 104 Å². The fraction of sp³-hybridized carbons (Fsp3) is 0.947. The standard InChI is InChI=1S/C19H39NO/c1-3-4-5-6-7-8-9-10-11-12-13-14-15-16-17-20-19(2)18-21/h17,19,21H,3-16,18H2,1-2H3/t19-/m0/s1. The second kappa shape index (κ2) is 17.7. The van der Waals surface area contributed by atoms with E-state index in [1.807, 2.05) is 13.1 Å². The van der Waals surface area contributed by atoms with E-state index in [9.17, 15) is 0 Å². The Morgan fingerprint density at radius 2 is 1.19 bits per heavy atom. The molecule has 0 aliphatic heterocycles.